The number of carbonyl (C=O) groups is 1. The first-order valence-electron chi connectivity index (χ1n) is 4.26. The van der Waals surface area contributed by atoms with Gasteiger partial charge in [0.05, 0.1) is 0 Å². The van der Waals surface area contributed by atoms with Gasteiger partial charge in [-0.3, -0.25) is 9.00 Å². The van der Waals surface area contributed by atoms with Crippen LogP contribution in [0.2, 0.25) is 0 Å². The van der Waals surface area contributed by atoms with Crippen LogP contribution in [0.25, 0.3) is 0 Å². The Kier molecular flexibility index (Phi) is 5.38. The van der Waals surface area contributed by atoms with Crippen molar-refractivity contribution >= 4 is 16.6 Å². The quantitative estimate of drug-likeness (QED) is 0.660. The molecular weight excluding hydrogens is 172 g/mol. The highest BCUT2D eigenvalue weighted by molar-refractivity contribution is 7.84. The molecule has 0 aliphatic carbocycles. The molecule has 0 aromatic carbocycles. The zero-order chi connectivity index (χ0) is 9.72. The van der Waals surface area contributed by atoms with E-state index < -0.39 is 10.8 Å². The summed E-state index contributed by atoms with van der Waals surface area (Å²) in [5.41, 5.74) is 0. The van der Waals surface area contributed by atoms with Crippen LogP contribution in [0.1, 0.15) is 27.2 Å². The Bertz CT molecular complexity index is 175. The van der Waals surface area contributed by atoms with E-state index in [0.717, 1.165) is 0 Å². The van der Waals surface area contributed by atoms with E-state index >= 15 is 0 Å². The molecule has 2 unspecified atom stereocenters. The molecule has 0 bridgehead atoms. The third kappa shape index (κ3) is 5.47. The van der Waals surface area contributed by atoms with Crippen LogP contribution in [0.5, 0.6) is 0 Å². The first-order valence-corrected chi connectivity index (χ1v) is 5.99. The second-order valence-electron chi connectivity index (χ2n) is 3.71. The topological polar surface area (TPSA) is 34.1 Å². The van der Waals surface area contributed by atoms with Gasteiger partial charge in [0.15, 0.2) is 0 Å². The molecule has 0 aliphatic heterocycles. The predicted octanol–water partition coefficient (Wildman–Crippen LogP) is 1.62. The van der Waals surface area contributed by atoms with Crippen molar-refractivity contribution in [3.63, 3.8) is 0 Å². The maximum Gasteiger partial charge on any atom is 0.136 e. The van der Waals surface area contributed by atoms with Crippen molar-refractivity contribution < 1.29 is 9.00 Å². The van der Waals surface area contributed by atoms with Crippen molar-refractivity contribution in [1.82, 2.24) is 0 Å². The van der Waals surface area contributed by atoms with Crippen LogP contribution < -0.4 is 0 Å². The normalized spacial score (nSPS) is 16.1. The van der Waals surface area contributed by atoms with E-state index in [2.05, 4.69) is 0 Å². The van der Waals surface area contributed by atoms with Crippen molar-refractivity contribution in [2.24, 2.45) is 11.8 Å². The monoisotopic (exact) mass is 190 g/mol. The molecule has 72 valence electrons. The van der Waals surface area contributed by atoms with E-state index in [1.807, 2.05) is 20.8 Å². The van der Waals surface area contributed by atoms with Crippen LogP contribution in [0, 0.1) is 11.8 Å². The van der Waals surface area contributed by atoms with E-state index in [1.54, 1.807) is 6.26 Å². The lowest BCUT2D eigenvalue weighted by atomic mass is 9.99. The number of hydrogen-bond acceptors (Lipinski definition) is 2. The summed E-state index contributed by atoms with van der Waals surface area (Å²) in [6, 6.07) is 0. The molecule has 0 aromatic rings. The van der Waals surface area contributed by atoms with Crippen LogP contribution in [-0.4, -0.2) is 22.0 Å². The second kappa shape index (κ2) is 5.46. The summed E-state index contributed by atoms with van der Waals surface area (Å²) in [7, 11) is -0.852. The van der Waals surface area contributed by atoms with Gasteiger partial charge in [-0.1, -0.05) is 20.8 Å². The fourth-order valence-corrected chi connectivity index (χ4v) is 1.94. The van der Waals surface area contributed by atoms with Crippen LogP contribution in [0.3, 0.4) is 0 Å². The molecule has 12 heavy (non-hydrogen) atoms. The van der Waals surface area contributed by atoms with Gasteiger partial charge in [-0.05, 0) is 5.92 Å². The Morgan fingerprint density at radius 1 is 1.33 bits per heavy atom. The highest BCUT2D eigenvalue weighted by Crippen LogP contribution is 2.08. The SMILES string of the molecule is CC(C)CC(=O)C(C)CS(C)=O. The smallest absolute Gasteiger partial charge is 0.136 e. The molecule has 0 spiro atoms. The standard InChI is InChI=1S/C9H18O2S/c1-7(2)5-9(10)8(3)6-12(4)11/h7-8H,5-6H2,1-4H3. The number of Topliss-reactive ketones (excluding diaryl/α,β-unsaturated/α-hetero) is 1. The molecule has 0 saturated carbocycles. The lowest BCUT2D eigenvalue weighted by molar-refractivity contribution is -0.122. The van der Waals surface area contributed by atoms with Crippen LogP contribution in [0.4, 0.5) is 0 Å². The van der Waals surface area contributed by atoms with E-state index in [0.29, 0.717) is 18.1 Å². The lowest BCUT2D eigenvalue weighted by Gasteiger charge is -2.09. The highest BCUT2D eigenvalue weighted by atomic mass is 32.2. The number of rotatable bonds is 5. The maximum atomic E-state index is 11.4. The molecule has 0 rings (SSSR count). The van der Waals surface area contributed by atoms with Gasteiger partial charge >= 0.3 is 0 Å². The fourth-order valence-electron chi connectivity index (χ4n) is 1.05. The molecule has 0 aromatic heterocycles. The van der Waals surface area contributed by atoms with Gasteiger partial charge in [0, 0.05) is 35.1 Å². The molecule has 0 N–H and O–H groups in total. The van der Waals surface area contributed by atoms with E-state index in [9.17, 15) is 9.00 Å². The van der Waals surface area contributed by atoms with Gasteiger partial charge in [0.1, 0.15) is 5.78 Å². The fraction of sp³-hybridized carbons (Fsp3) is 0.889. The van der Waals surface area contributed by atoms with Crippen molar-refractivity contribution in [3.8, 4) is 0 Å². The van der Waals surface area contributed by atoms with Gasteiger partial charge in [-0.15, -0.1) is 0 Å². The predicted molar refractivity (Wildman–Crippen MR) is 52.6 cm³/mol. The average Bonchev–Trinajstić information content (AvgIpc) is 1.84. The summed E-state index contributed by atoms with van der Waals surface area (Å²) in [5, 5.41) is 0. The van der Waals surface area contributed by atoms with Crippen LogP contribution in [-0.2, 0) is 15.6 Å². The van der Waals surface area contributed by atoms with E-state index in [4.69, 9.17) is 0 Å². The molecule has 0 saturated heterocycles. The molecule has 0 fully saturated rings. The molecule has 0 aliphatic rings. The minimum absolute atomic E-state index is 0.0433. The van der Waals surface area contributed by atoms with E-state index in [1.165, 1.54) is 0 Å². The van der Waals surface area contributed by atoms with Gasteiger partial charge in [-0.2, -0.15) is 0 Å². The number of carbonyl (C=O) groups excluding carboxylic acids is 1. The summed E-state index contributed by atoms with van der Waals surface area (Å²) in [6.45, 7) is 5.90. The lowest BCUT2D eigenvalue weighted by Crippen LogP contribution is -2.19. The third-order valence-corrected chi connectivity index (χ3v) is 2.61. The Balaban J connectivity index is 3.85. The van der Waals surface area contributed by atoms with Gasteiger partial charge in [0.25, 0.3) is 0 Å². The summed E-state index contributed by atoms with van der Waals surface area (Å²) >= 11 is 0. The maximum absolute atomic E-state index is 11.4. The zero-order valence-corrected chi connectivity index (χ0v) is 9.11. The molecule has 0 heterocycles. The van der Waals surface area contributed by atoms with Gasteiger partial charge in [-0.25, -0.2) is 0 Å². The Hall–Kier alpha value is -0.180. The first kappa shape index (κ1) is 11.8. The molecule has 2 atom stereocenters. The second-order valence-corrected chi connectivity index (χ2v) is 5.18. The van der Waals surface area contributed by atoms with Crippen molar-refractivity contribution in [3.05, 3.63) is 0 Å². The first-order chi connectivity index (χ1) is 5.43. The highest BCUT2D eigenvalue weighted by Gasteiger charge is 2.15. The van der Waals surface area contributed by atoms with Crippen molar-refractivity contribution in [2.45, 2.75) is 27.2 Å². The molecule has 0 radical (unpaired) electrons. The number of hydrogen-bond donors (Lipinski definition) is 0. The summed E-state index contributed by atoms with van der Waals surface area (Å²) in [4.78, 5) is 11.4. The molecule has 2 nitrogen and oxygen atoms in total. The third-order valence-electron chi connectivity index (χ3n) is 1.64. The van der Waals surface area contributed by atoms with Crippen LogP contribution in [0.15, 0.2) is 0 Å². The molecule has 0 amide bonds. The van der Waals surface area contributed by atoms with Gasteiger partial charge in [0.2, 0.25) is 0 Å². The minimum Gasteiger partial charge on any atom is -0.299 e. The van der Waals surface area contributed by atoms with Crippen molar-refractivity contribution in [1.29, 1.82) is 0 Å². The molecule has 3 heteroatoms. The Morgan fingerprint density at radius 2 is 1.83 bits per heavy atom. The van der Waals surface area contributed by atoms with Gasteiger partial charge < -0.3 is 0 Å². The number of ketones is 1. The Labute approximate surface area is 77.2 Å². The largest absolute Gasteiger partial charge is 0.299 e. The zero-order valence-electron chi connectivity index (χ0n) is 8.29. The average molecular weight is 190 g/mol. The Morgan fingerprint density at radius 3 is 2.17 bits per heavy atom. The minimum atomic E-state index is -0.852. The van der Waals surface area contributed by atoms with Crippen molar-refractivity contribution in [2.75, 3.05) is 12.0 Å². The summed E-state index contributed by atoms with van der Waals surface area (Å²) in [6.07, 6.45) is 2.25. The molecular formula is C9H18O2S. The van der Waals surface area contributed by atoms with E-state index in [-0.39, 0.29) is 11.7 Å². The summed E-state index contributed by atoms with van der Waals surface area (Å²) < 4.78 is 10.8. The summed E-state index contributed by atoms with van der Waals surface area (Å²) in [5.74, 6) is 1.11. The van der Waals surface area contributed by atoms with Crippen LogP contribution >= 0.6 is 0 Å².